The van der Waals surface area contributed by atoms with Crippen molar-refractivity contribution in [3.05, 3.63) is 35.9 Å². The summed E-state index contributed by atoms with van der Waals surface area (Å²) in [5.41, 5.74) is 1.11. The van der Waals surface area contributed by atoms with Crippen LogP contribution in [0, 0.1) is 0 Å². The average molecular weight is 279 g/mol. The minimum Gasteiger partial charge on any atom is -0.390 e. The van der Waals surface area contributed by atoms with Gasteiger partial charge in [0.15, 0.2) is 0 Å². The van der Waals surface area contributed by atoms with E-state index in [1.54, 1.807) is 16.7 Å². The van der Waals surface area contributed by atoms with Gasteiger partial charge in [-0.25, -0.2) is 0 Å². The van der Waals surface area contributed by atoms with E-state index in [0.29, 0.717) is 18.8 Å². The van der Waals surface area contributed by atoms with Crippen LogP contribution in [0.15, 0.2) is 30.3 Å². The zero-order valence-corrected chi connectivity index (χ0v) is 12.1. The van der Waals surface area contributed by atoms with E-state index >= 15 is 0 Å². The van der Waals surface area contributed by atoms with Crippen molar-refractivity contribution in [3.63, 3.8) is 0 Å². The van der Waals surface area contributed by atoms with Crippen LogP contribution in [0.3, 0.4) is 0 Å². The van der Waals surface area contributed by atoms with Crippen molar-refractivity contribution in [2.75, 3.05) is 12.3 Å². The molecule has 104 valence electrons. The van der Waals surface area contributed by atoms with Gasteiger partial charge in [0.25, 0.3) is 0 Å². The Morgan fingerprint density at radius 1 is 1.37 bits per heavy atom. The maximum Gasteiger partial charge on any atom is 0.232 e. The molecule has 0 aromatic heterocycles. The fourth-order valence-corrected chi connectivity index (χ4v) is 3.59. The van der Waals surface area contributed by atoms with Gasteiger partial charge in [-0.05, 0) is 12.0 Å². The molecule has 0 radical (unpaired) electrons. The molecular formula is C15H21NO2S. The summed E-state index contributed by atoms with van der Waals surface area (Å²) in [7, 11) is 0. The number of carbonyl (C=O) groups is 1. The van der Waals surface area contributed by atoms with Crippen LogP contribution in [0.1, 0.15) is 25.3 Å². The van der Waals surface area contributed by atoms with Crippen molar-refractivity contribution in [2.24, 2.45) is 0 Å². The Morgan fingerprint density at radius 3 is 2.79 bits per heavy atom. The summed E-state index contributed by atoms with van der Waals surface area (Å²) in [5, 5.41) is 10.4. The molecule has 0 saturated carbocycles. The van der Waals surface area contributed by atoms with E-state index < -0.39 is 6.10 Å². The highest BCUT2D eigenvalue weighted by molar-refractivity contribution is 8.00. The molecule has 1 saturated heterocycles. The summed E-state index contributed by atoms with van der Waals surface area (Å²) < 4.78 is 0. The normalized spacial score (nSPS) is 24.3. The standard InChI is InChI=1S/C15H21NO2S/c1-2-6-14-13(17)10-16(15(18)11-19-14)9-12-7-4-3-5-8-12/h3-5,7-8,13-14,17H,2,6,9-11H2,1H3/t13-,14+/m1/s1. The first-order valence-corrected chi connectivity index (χ1v) is 7.87. The molecule has 4 heteroatoms. The second kappa shape index (κ2) is 6.96. The van der Waals surface area contributed by atoms with Crippen molar-refractivity contribution < 1.29 is 9.90 Å². The van der Waals surface area contributed by atoms with Crippen LogP contribution in [0.5, 0.6) is 0 Å². The van der Waals surface area contributed by atoms with Gasteiger partial charge in [0.05, 0.1) is 11.9 Å². The summed E-state index contributed by atoms with van der Waals surface area (Å²) in [6.07, 6.45) is 1.60. The Balaban J connectivity index is 2.02. The molecule has 1 aliphatic rings. The highest BCUT2D eigenvalue weighted by atomic mass is 32.2. The highest BCUT2D eigenvalue weighted by Crippen LogP contribution is 2.25. The van der Waals surface area contributed by atoms with Gasteiger partial charge >= 0.3 is 0 Å². The lowest BCUT2D eigenvalue weighted by molar-refractivity contribution is -0.130. The zero-order valence-electron chi connectivity index (χ0n) is 11.3. The lowest BCUT2D eigenvalue weighted by atomic mass is 10.1. The van der Waals surface area contributed by atoms with Crippen molar-refractivity contribution in [1.29, 1.82) is 0 Å². The molecule has 1 aromatic carbocycles. The van der Waals surface area contributed by atoms with Crippen LogP contribution >= 0.6 is 11.8 Å². The number of nitrogens with zero attached hydrogens (tertiary/aromatic N) is 1. The van der Waals surface area contributed by atoms with E-state index in [1.165, 1.54) is 0 Å². The fourth-order valence-electron chi connectivity index (χ4n) is 2.34. The number of β-amino-alcohol motifs (C(OH)–C–C–N with tert-alkyl or cyclic N) is 1. The summed E-state index contributed by atoms with van der Waals surface area (Å²) in [4.78, 5) is 13.9. The van der Waals surface area contributed by atoms with Gasteiger partial charge in [0.1, 0.15) is 0 Å². The molecular weight excluding hydrogens is 258 g/mol. The van der Waals surface area contributed by atoms with Crippen molar-refractivity contribution >= 4 is 17.7 Å². The Bertz CT molecular complexity index is 410. The minimum absolute atomic E-state index is 0.131. The van der Waals surface area contributed by atoms with Crippen LogP contribution in [0.2, 0.25) is 0 Å². The molecule has 0 aliphatic carbocycles. The topological polar surface area (TPSA) is 40.5 Å². The van der Waals surface area contributed by atoms with E-state index in [4.69, 9.17) is 0 Å². The number of aliphatic hydroxyl groups is 1. The zero-order chi connectivity index (χ0) is 13.7. The first kappa shape index (κ1) is 14.4. The van der Waals surface area contributed by atoms with Crippen LogP contribution in [0.4, 0.5) is 0 Å². The smallest absolute Gasteiger partial charge is 0.232 e. The molecule has 0 bridgehead atoms. The van der Waals surface area contributed by atoms with E-state index in [9.17, 15) is 9.90 Å². The highest BCUT2D eigenvalue weighted by Gasteiger charge is 2.29. The molecule has 19 heavy (non-hydrogen) atoms. The Labute approximate surface area is 119 Å². The van der Waals surface area contributed by atoms with Gasteiger partial charge in [-0.15, -0.1) is 11.8 Å². The van der Waals surface area contributed by atoms with Gasteiger partial charge in [-0.2, -0.15) is 0 Å². The van der Waals surface area contributed by atoms with Gasteiger partial charge in [-0.1, -0.05) is 43.7 Å². The monoisotopic (exact) mass is 279 g/mol. The summed E-state index contributed by atoms with van der Waals surface area (Å²) in [6.45, 7) is 3.16. The molecule has 1 fully saturated rings. The Kier molecular flexibility index (Phi) is 5.28. The second-order valence-corrected chi connectivity index (χ2v) is 6.19. The third-order valence-electron chi connectivity index (χ3n) is 3.40. The van der Waals surface area contributed by atoms with Crippen molar-refractivity contribution in [1.82, 2.24) is 4.90 Å². The molecule has 3 nitrogen and oxygen atoms in total. The van der Waals surface area contributed by atoms with Crippen LogP contribution in [-0.4, -0.2) is 39.6 Å². The van der Waals surface area contributed by atoms with E-state index in [0.717, 1.165) is 18.4 Å². The number of rotatable bonds is 4. The lowest BCUT2D eigenvalue weighted by Crippen LogP contribution is -2.38. The average Bonchev–Trinajstić information content (AvgIpc) is 2.54. The number of carbonyl (C=O) groups excluding carboxylic acids is 1. The van der Waals surface area contributed by atoms with E-state index in [-0.39, 0.29) is 11.2 Å². The molecule has 1 N–H and O–H groups in total. The fraction of sp³-hybridized carbons (Fsp3) is 0.533. The van der Waals surface area contributed by atoms with Crippen LogP contribution in [0.25, 0.3) is 0 Å². The number of aliphatic hydroxyl groups excluding tert-OH is 1. The quantitative estimate of drug-likeness (QED) is 0.919. The van der Waals surface area contributed by atoms with E-state index in [1.807, 2.05) is 30.3 Å². The van der Waals surface area contributed by atoms with Gasteiger partial charge in [0, 0.05) is 18.3 Å². The maximum absolute atomic E-state index is 12.1. The summed E-state index contributed by atoms with van der Waals surface area (Å²) in [5.74, 6) is 0.612. The second-order valence-electron chi connectivity index (χ2n) is 4.97. The van der Waals surface area contributed by atoms with Crippen LogP contribution < -0.4 is 0 Å². The first-order valence-electron chi connectivity index (χ1n) is 6.82. The van der Waals surface area contributed by atoms with Crippen LogP contribution in [-0.2, 0) is 11.3 Å². The van der Waals surface area contributed by atoms with Gasteiger partial charge in [-0.3, -0.25) is 4.79 Å². The van der Waals surface area contributed by atoms with Gasteiger partial charge < -0.3 is 10.0 Å². The molecule has 0 unspecified atom stereocenters. The molecule has 1 aliphatic heterocycles. The number of hydrogen-bond donors (Lipinski definition) is 1. The maximum atomic E-state index is 12.1. The Hall–Kier alpha value is -1.00. The molecule has 1 amide bonds. The van der Waals surface area contributed by atoms with Crippen molar-refractivity contribution in [3.8, 4) is 0 Å². The molecule has 2 atom stereocenters. The Morgan fingerprint density at radius 2 is 2.11 bits per heavy atom. The van der Waals surface area contributed by atoms with E-state index in [2.05, 4.69) is 6.92 Å². The molecule has 2 rings (SSSR count). The number of benzene rings is 1. The summed E-state index contributed by atoms with van der Waals surface area (Å²) >= 11 is 1.60. The number of thioether (sulfide) groups is 1. The lowest BCUT2D eigenvalue weighted by Gasteiger charge is -2.24. The number of hydrogen-bond acceptors (Lipinski definition) is 3. The predicted octanol–water partition coefficient (Wildman–Crippen LogP) is 2.29. The first-order chi connectivity index (χ1) is 9.20. The molecule has 1 aromatic rings. The molecule has 1 heterocycles. The largest absolute Gasteiger partial charge is 0.390 e. The third-order valence-corrected chi connectivity index (χ3v) is 4.79. The number of amides is 1. The minimum atomic E-state index is -0.417. The predicted molar refractivity (Wildman–Crippen MR) is 79.0 cm³/mol. The van der Waals surface area contributed by atoms with Gasteiger partial charge in [0.2, 0.25) is 5.91 Å². The summed E-state index contributed by atoms with van der Waals surface area (Å²) in [6, 6.07) is 9.95. The SMILES string of the molecule is CCC[C@@H]1SCC(=O)N(Cc2ccccc2)C[C@H]1O. The van der Waals surface area contributed by atoms with Crippen molar-refractivity contribution in [2.45, 2.75) is 37.7 Å². The molecule has 0 spiro atoms. The third kappa shape index (κ3) is 3.98.